The molecule has 0 aliphatic rings. The third-order valence-electron chi connectivity index (χ3n) is 4.01. The van der Waals surface area contributed by atoms with Crippen molar-refractivity contribution in [2.24, 2.45) is 0 Å². The molecule has 0 aliphatic heterocycles. The van der Waals surface area contributed by atoms with E-state index in [1.807, 2.05) is 0 Å². The minimum Gasteiger partial charge on any atom is -0.369 e. The predicted octanol–water partition coefficient (Wildman–Crippen LogP) is 0.482. The molecule has 0 saturated heterocycles. The SMILES string of the molecule is CS(=O)(=O)c1ccc(COP(=O)(O)COCCn2cnc3c(=O)[nH]c(N)nc32)cc1. The maximum absolute atomic E-state index is 12.1. The van der Waals surface area contributed by atoms with Gasteiger partial charge in [-0.3, -0.25) is 14.3 Å². The van der Waals surface area contributed by atoms with Gasteiger partial charge in [-0.05, 0) is 17.7 Å². The number of imidazole rings is 1. The Hall–Kier alpha value is -2.57. The van der Waals surface area contributed by atoms with Gasteiger partial charge in [0.1, 0.15) is 6.35 Å². The molecule has 30 heavy (non-hydrogen) atoms. The maximum Gasteiger partial charge on any atom is 0.353 e. The van der Waals surface area contributed by atoms with Crippen LogP contribution in [0.5, 0.6) is 0 Å². The lowest BCUT2D eigenvalue weighted by Gasteiger charge is -2.13. The lowest BCUT2D eigenvalue weighted by atomic mass is 10.2. The first kappa shape index (κ1) is 22.1. The van der Waals surface area contributed by atoms with Gasteiger partial charge in [-0.1, -0.05) is 12.1 Å². The van der Waals surface area contributed by atoms with Crippen LogP contribution in [0.2, 0.25) is 0 Å². The molecule has 0 bridgehead atoms. The topological polar surface area (TPSA) is 179 Å². The number of hydrogen-bond acceptors (Lipinski definition) is 9. The minimum absolute atomic E-state index is 0.0385. The Labute approximate surface area is 171 Å². The molecule has 0 spiro atoms. The molecular weight excluding hydrogens is 437 g/mol. The van der Waals surface area contributed by atoms with Crippen LogP contribution in [0.4, 0.5) is 5.95 Å². The molecule has 1 atom stereocenters. The molecule has 0 saturated carbocycles. The fourth-order valence-electron chi connectivity index (χ4n) is 2.52. The number of nitrogens with two attached hydrogens (primary N) is 1. The summed E-state index contributed by atoms with van der Waals surface area (Å²) in [6, 6.07) is 5.80. The number of anilines is 1. The summed E-state index contributed by atoms with van der Waals surface area (Å²) in [6.45, 7) is 0.0788. The molecule has 1 aromatic carbocycles. The number of nitrogen functional groups attached to an aromatic ring is 1. The summed E-state index contributed by atoms with van der Waals surface area (Å²) >= 11 is 0. The number of ether oxygens (including phenoxy) is 1. The van der Waals surface area contributed by atoms with E-state index < -0.39 is 29.3 Å². The van der Waals surface area contributed by atoms with Crippen LogP contribution in [-0.2, 0) is 36.8 Å². The molecule has 3 rings (SSSR count). The Balaban J connectivity index is 1.50. The smallest absolute Gasteiger partial charge is 0.353 e. The first-order valence-corrected chi connectivity index (χ1v) is 12.2. The van der Waals surface area contributed by atoms with Gasteiger partial charge >= 0.3 is 7.60 Å². The van der Waals surface area contributed by atoms with Gasteiger partial charge in [-0.15, -0.1) is 0 Å². The summed E-state index contributed by atoms with van der Waals surface area (Å²) in [6.07, 6.45) is 1.94. The summed E-state index contributed by atoms with van der Waals surface area (Å²) in [5.74, 6) is -0.0482. The Bertz CT molecular complexity index is 1250. The number of benzene rings is 1. The van der Waals surface area contributed by atoms with Crippen molar-refractivity contribution in [1.82, 2.24) is 19.5 Å². The van der Waals surface area contributed by atoms with Gasteiger partial charge in [0, 0.05) is 12.8 Å². The van der Waals surface area contributed by atoms with Gasteiger partial charge in [0.05, 0.1) is 24.4 Å². The summed E-state index contributed by atoms with van der Waals surface area (Å²) < 4.78 is 46.7. The Kier molecular flexibility index (Phi) is 6.38. The quantitative estimate of drug-likeness (QED) is 0.302. The van der Waals surface area contributed by atoms with Crippen LogP contribution < -0.4 is 11.3 Å². The molecule has 14 heteroatoms. The second-order valence-electron chi connectivity index (χ2n) is 6.43. The fourth-order valence-corrected chi connectivity index (χ4v) is 3.94. The molecule has 2 heterocycles. The molecule has 162 valence electrons. The summed E-state index contributed by atoms with van der Waals surface area (Å²) in [5.41, 5.74) is 6.00. The van der Waals surface area contributed by atoms with Gasteiger partial charge in [-0.25, -0.2) is 13.4 Å². The fraction of sp³-hybridized carbons (Fsp3) is 0.312. The van der Waals surface area contributed by atoms with Gasteiger partial charge in [-0.2, -0.15) is 4.98 Å². The highest BCUT2D eigenvalue weighted by Gasteiger charge is 2.20. The summed E-state index contributed by atoms with van der Waals surface area (Å²) in [5, 5.41) is 0. The van der Waals surface area contributed by atoms with Crippen molar-refractivity contribution in [3.63, 3.8) is 0 Å². The third-order valence-corrected chi connectivity index (χ3v) is 6.18. The van der Waals surface area contributed by atoms with Crippen molar-refractivity contribution in [3.8, 4) is 0 Å². The molecule has 0 fully saturated rings. The van der Waals surface area contributed by atoms with Crippen molar-refractivity contribution in [3.05, 3.63) is 46.5 Å². The standard InChI is InChI=1S/C16H20N5O7PS/c1-30(25,26)12-4-2-11(3-5-12)8-28-29(23,24)10-27-7-6-21-9-18-13-14(21)19-16(17)20-15(13)22/h2-5,9H,6-8,10H2,1H3,(H,23,24)(H3,17,19,20,22). The highest BCUT2D eigenvalue weighted by Crippen LogP contribution is 2.42. The third kappa shape index (κ3) is 5.52. The van der Waals surface area contributed by atoms with Crippen LogP contribution in [0.1, 0.15) is 5.56 Å². The Morgan fingerprint density at radius 3 is 2.67 bits per heavy atom. The predicted molar refractivity (Wildman–Crippen MR) is 108 cm³/mol. The van der Waals surface area contributed by atoms with Crippen LogP contribution in [0, 0.1) is 0 Å². The van der Waals surface area contributed by atoms with E-state index in [-0.39, 0.29) is 41.8 Å². The van der Waals surface area contributed by atoms with Crippen LogP contribution in [0.3, 0.4) is 0 Å². The van der Waals surface area contributed by atoms with Gasteiger partial charge in [0.25, 0.3) is 5.56 Å². The van der Waals surface area contributed by atoms with E-state index in [1.165, 1.54) is 35.2 Å². The monoisotopic (exact) mass is 457 g/mol. The number of rotatable bonds is 9. The molecule has 1 unspecified atom stereocenters. The van der Waals surface area contributed by atoms with Crippen LogP contribution in [0.15, 0.2) is 40.3 Å². The van der Waals surface area contributed by atoms with E-state index in [0.717, 1.165) is 6.26 Å². The zero-order chi connectivity index (χ0) is 21.9. The van der Waals surface area contributed by atoms with Crippen molar-refractivity contribution < 1.29 is 27.1 Å². The minimum atomic E-state index is -4.03. The van der Waals surface area contributed by atoms with Crippen molar-refractivity contribution in [2.45, 2.75) is 18.0 Å². The van der Waals surface area contributed by atoms with E-state index >= 15 is 0 Å². The number of H-pyrrole nitrogens is 1. The lowest BCUT2D eigenvalue weighted by Crippen LogP contribution is -2.13. The number of aromatic amines is 1. The second-order valence-corrected chi connectivity index (χ2v) is 10.2. The first-order valence-electron chi connectivity index (χ1n) is 8.59. The van der Waals surface area contributed by atoms with Gasteiger partial charge < -0.3 is 24.5 Å². The maximum atomic E-state index is 12.1. The highest BCUT2D eigenvalue weighted by atomic mass is 32.2. The number of nitrogens with zero attached hydrogens (tertiary/aromatic N) is 3. The number of hydrogen-bond donors (Lipinski definition) is 3. The molecule has 0 radical (unpaired) electrons. The Morgan fingerprint density at radius 2 is 2.00 bits per heavy atom. The normalized spacial score (nSPS) is 14.1. The molecule has 0 amide bonds. The summed E-state index contributed by atoms with van der Waals surface area (Å²) in [7, 11) is -7.35. The van der Waals surface area contributed by atoms with E-state index in [0.29, 0.717) is 5.56 Å². The van der Waals surface area contributed by atoms with Crippen LogP contribution in [0.25, 0.3) is 11.2 Å². The molecule has 12 nitrogen and oxygen atoms in total. The summed E-state index contributed by atoms with van der Waals surface area (Å²) in [4.78, 5) is 32.1. The molecule has 4 N–H and O–H groups in total. The average molecular weight is 457 g/mol. The van der Waals surface area contributed by atoms with Crippen molar-refractivity contribution in [1.29, 1.82) is 0 Å². The molecule has 0 aliphatic carbocycles. The average Bonchev–Trinajstić information content (AvgIpc) is 3.06. The van der Waals surface area contributed by atoms with Crippen molar-refractivity contribution in [2.75, 3.05) is 24.9 Å². The number of nitrogens with one attached hydrogen (secondary N) is 1. The largest absolute Gasteiger partial charge is 0.369 e. The number of fused-ring (bicyclic) bond motifs is 1. The molecule has 2 aromatic heterocycles. The second kappa shape index (κ2) is 8.66. The van der Waals surface area contributed by atoms with Crippen LogP contribution in [-0.4, -0.2) is 52.0 Å². The van der Waals surface area contributed by atoms with Gasteiger partial charge in [0.2, 0.25) is 5.95 Å². The lowest BCUT2D eigenvalue weighted by molar-refractivity contribution is 0.136. The number of aromatic nitrogens is 4. The Morgan fingerprint density at radius 1 is 1.30 bits per heavy atom. The zero-order valence-corrected chi connectivity index (χ0v) is 17.6. The number of sulfone groups is 1. The van der Waals surface area contributed by atoms with Crippen molar-refractivity contribution >= 4 is 34.5 Å². The van der Waals surface area contributed by atoms with Crippen LogP contribution >= 0.6 is 7.60 Å². The molecular formula is C16H20N5O7PS. The van der Waals surface area contributed by atoms with Gasteiger partial charge in [0.15, 0.2) is 21.0 Å². The van der Waals surface area contributed by atoms with E-state index in [1.54, 1.807) is 0 Å². The first-order chi connectivity index (χ1) is 14.0. The highest BCUT2D eigenvalue weighted by molar-refractivity contribution is 7.90. The zero-order valence-electron chi connectivity index (χ0n) is 15.9. The van der Waals surface area contributed by atoms with E-state index in [2.05, 4.69) is 15.0 Å². The molecule has 3 aromatic rings. The van der Waals surface area contributed by atoms with E-state index in [4.69, 9.17) is 15.0 Å². The van der Waals surface area contributed by atoms with E-state index in [9.17, 15) is 22.7 Å².